The molecule has 1 aromatic carbocycles. The smallest absolute Gasteiger partial charge is 0.360 e. The van der Waals surface area contributed by atoms with Gasteiger partial charge in [0.05, 0.1) is 13.7 Å². The highest BCUT2D eigenvalue weighted by atomic mass is 16.5. The zero-order chi connectivity index (χ0) is 17.8. The van der Waals surface area contributed by atoms with Crippen molar-refractivity contribution in [2.75, 3.05) is 13.7 Å². The van der Waals surface area contributed by atoms with Crippen molar-refractivity contribution in [3.63, 3.8) is 0 Å². The van der Waals surface area contributed by atoms with Crippen LogP contribution >= 0.6 is 0 Å². The highest BCUT2D eigenvalue weighted by Crippen LogP contribution is 2.30. The minimum atomic E-state index is -0.528. The largest absolute Gasteiger partial charge is 0.494 e. The fourth-order valence-electron chi connectivity index (χ4n) is 2.48. The molecule has 2 aromatic heterocycles. The number of hydrogen-bond donors (Lipinski definition) is 0. The topological polar surface area (TPSA) is 77.5 Å². The second kappa shape index (κ2) is 7.12. The summed E-state index contributed by atoms with van der Waals surface area (Å²) in [6.07, 6.45) is 0. The Morgan fingerprint density at radius 1 is 1.16 bits per heavy atom. The van der Waals surface area contributed by atoms with Crippen LogP contribution in [0.5, 0.6) is 5.75 Å². The fraction of sp³-hybridized carbons (Fsp3) is 0.222. The SMILES string of the molecule is CCOC(=O)c1nc2cccc(C)n2c1N=Nc1ccccc1OC. The number of esters is 1. The van der Waals surface area contributed by atoms with E-state index in [1.54, 1.807) is 36.6 Å². The quantitative estimate of drug-likeness (QED) is 0.515. The maximum atomic E-state index is 12.3. The van der Waals surface area contributed by atoms with Crippen LogP contribution in [0.1, 0.15) is 23.1 Å². The first-order valence-corrected chi connectivity index (χ1v) is 7.85. The molecule has 2 heterocycles. The van der Waals surface area contributed by atoms with E-state index in [9.17, 15) is 4.79 Å². The molecule has 0 amide bonds. The number of imidazole rings is 1. The van der Waals surface area contributed by atoms with Crippen molar-refractivity contribution in [1.29, 1.82) is 0 Å². The molecule has 0 bridgehead atoms. The van der Waals surface area contributed by atoms with Gasteiger partial charge in [-0.25, -0.2) is 9.78 Å². The van der Waals surface area contributed by atoms with Crippen LogP contribution in [0.25, 0.3) is 5.65 Å². The van der Waals surface area contributed by atoms with Crippen LogP contribution in [0.15, 0.2) is 52.7 Å². The molecule has 7 heteroatoms. The Labute approximate surface area is 144 Å². The lowest BCUT2D eigenvalue weighted by atomic mass is 10.3. The van der Waals surface area contributed by atoms with E-state index in [4.69, 9.17) is 9.47 Å². The number of hydrogen-bond acceptors (Lipinski definition) is 6. The lowest BCUT2D eigenvalue weighted by molar-refractivity contribution is 0.0521. The maximum absolute atomic E-state index is 12.3. The van der Waals surface area contributed by atoms with Crippen molar-refractivity contribution in [2.24, 2.45) is 10.2 Å². The minimum Gasteiger partial charge on any atom is -0.494 e. The van der Waals surface area contributed by atoms with Gasteiger partial charge in [0, 0.05) is 5.69 Å². The maximum Gasteiger partial charge on any atom is 0.360 e. The van der Waals surface area contributed by atoms with Gasteiger partial charge in [0.2, 0.25) is 0 Å². The lowest BCUT2D eigenvalue weighted by Gasteiger charge is -2.04. The van der Waals surface area contributed by atoms with E-state index in [2.05, 4.69) is 15.2 Å². The summed E-state index contributed by atoms with van der Waals surface area (Å²) in [5, 5.41) is 8.53. The molecule has 0 saturated heterocycles. The van der Waals surface area contributed by atoms with Crippen LogP contribution in [0, 0.1) is 6.92 Å². The second-order valence-corrected chi connectivity index (χ2v) is 5.24. The van der Waals surface area contributed by atoms with Gasteiger partial charge in [-0.15, -0.1) is 10.2 Å². The van der Waals surface area contributed by atoms with Gasteiger partial charge in [0.25, 0.3) is 0 Å². The molecular weight excluding hydrogens is 320 g/mol. The van der Waals surface area contributed by atoms with E-state index >= 15 is 0 Å². The van der Waals surface area contributed by atoms with Gasteiger partial charge in [0.1, 0.15) is 17.1 Å². The Kier molecular flexibility index (Phi) is 4.74. The van der Waals surface area contributed by atoms with Gasteiger partial charge in [-0.1, -0.05) is 18.2 Å². The Morgan fingerprint density at radius 3 is 2.72 bits per heavy atom. The first-order chi connectivity index (χ1) is 12.2. The molecule has 0 spiro atoms. The molecule has 0 aliphatic rings. The van der Waals surface area contributed by atoms with E-state index in [0.717, 1.165) is 5.69 Å². The van der Waals surface area contributed by atoms with Gasteiger partial charge < -0.3 is 9.47 Å². The fourth-order valence-corrected chi connectivity index (χ4v) is 2.48. The van der Waals surface area contributed by atoms with Crippen LogP contribution in [0.2, 0.25) is 0 Å². The first kappa shape index (κ1) is 16.6. The highest BCUT2D eigenvalue weighted by Gasteiger charge is 2.21. The Balaban J connectivity index is 2.14. The molecule has 25 heavy (non-hydrogen) atoms. The van der Waals surface area contributed by atoms with Crippen molar-refractivity contribution < 1.29 is 14.3 Å². The number of rotatable bonds is 5. The van der Waals surface area contributed by atoms with Crippen LogP contribution in [-0.2, 0) is 4.74 Å². The van der Waals surface area contributed by atoms with Crippen LogP contribution in [0.3, 0.4) is 0 Å². The Hall–Kier alpha value is -3.22. The number of carbonyl (C=O) groups is 1. The normalized spacial score (nSPS) is 11.2. The van der Waals surface area contributed by atoms with E-state index < -0.39 is 5.97 Å². The number of aromatic nitrogens is 2. The molecule has 0 atom stereocenters. The highest BCUT2D eigenvalue weighted by molar-refractivity contribution is 5.93. The predicted octanol–water partition coefficient (Wildman–Crippen LogP) is 4.24. The van der Waals surface area contributed by atoms with Gasteiger partial charge in [-0.05, 0) is 38.1 Å². The number of azo groups is 1. The summed E-state index contributed by atoms with van der Waals surface area (Å²) in [6, 6.07) is 12.8. The average Bonchev–Trinajstić information content (AvgIpc) is 3.00. The van der Waals surface area contributed by atoms with Crippen molar-refractivity contribution in [3.05, 3.63) is 53.9 Å². The van der Waals surface area contributed by atoms with Crippen molar-refractivity contribution in [3.8, 4) is 5.75 Å². The van der Waals surface area contributed by atoms with Crippen LogP contribution in [-0.4, -0.2) is 29.1 Å². The molecule has 3 aromatic rings. The average molecular weight is 338 g/mol. The molecule has 128 valence electrons. The number of carbonyl (C=O) groups excluding carboxylic acids is 1. The molecule has 3 rings (SSSR count). The summed E-state index contributed by atoms with van der Waals surface area (Å²) in [7, 11) is 1.57. The molecule has 0 aliphatic carbocycles. The van der Waals surface area contributed by atoms with Crippen LogP contribution < -0.4 is 4.74 Å². The third-order valence-corrected chi connectivity index (χ3v) is 3.62. The molecule has 7 nitrogen and oxygen atoms in total. The van der Waals surface area contributed by atoms with Gasteiger partial charge in [-0.2, -0.15) is 0 Å². The Morgan fingerprint density at radius 2 is 1.96 bits per heavy atom. The van der Waals surface area contributed by atoms with Gasteiger partial charge in [-0.3, -0.25) is 4.40 Å². The molecule has 0 unspecified atom stereocenters. The van der Waals surface area contributed by atoms with Gasteiger partial charge in [0.15, 0.2) is 11.5 Å². The summed E-state index contributed by atoms with van der Waals surface area (Å²) in [6.45, 7) is 3.91. The summed E-state index contributed by atoms with van der Waals surface area (Å²) >= 11 is 0. The zero-order valence-electron chi connectivity index (χ0n) is 14.3. The number of nitrogens with zero attached hydrogens (tertiary/aromatic N) is 4. The number of methoxy groups -OCH3 is 1. The molecule has 0 aliphatic heterocycles. The second-order valence-electron chi connectivity index (χ2n) is 5.24. The summed E-state index contributed by atoms with van der Waals surface area (Å²) in [5.41, 5.74) is 2.18. The first-order valence-electron chi connectivity index (χ1n) is 7.85. The number of pyridine rings is 1. The van der Waals surface area contributed by atoms with Crippen molar-refractivity contribution in [2.45, 2.75) is 13.8 Å². The number of fused-ring (bicyclic) bond motifs is 1. The van der Waals surface area contributed by atoms with Gasteiger partial charge >= 0.3 is 5.97 Å². The molecule has 0 fully saturated rings. The predicted molar refractivity (Wildman–Crippen MR) is 93.1 cm³/mol. The number of ether oxygens (including phenoxy) is 2. The summed E-state index contributed by atoms with van der Waals surface area (Å²) in [4.78, 5) is 16.6. The van der Waals surface area contributed by atoms with E-state index in [-0.39, 0.29) is 12.3 Å². The van der Waals surface area contributed by atoms with Crippen molar-refractivity contribution >= 4 is 23.1 Å². The molecule has 0 N–H and O–H groups in total. The lowest BCUT2D eigenvalue weighted by Crippen LogP contribution is -2.05. The van der Waals surface area contributed by atoms with E-state index in [0.29, 0.717) is 22.9 Å². The molecular formula is C18H18N4O3. The van der Waals surface area contributed by atoms with E-state index in [1.165, 1.54) is 0 Å². The number of aryl methyl sites for hydroxylation is 1. The third kappa shape index (κ3) is 3.21. The molecule has 0 radical (unpaired) electrons. The number of para-hydroxylation sites is 1. The minimum absolute atomic E-state index is 0.134. The number of benzene rings is 1. The van der Waals surface area contributed by atoms with E-state index in [1.807, 2.05) is 31.2 Å². The third-order valence-electron chi connectivity index (χ3n) is 3.62. The van der Waals surface area contributed by atoms with Crippen LogP contribution in [0.4, 0.5) is 11.5 Å². The monoisotopic (exact) mass is 338 g/mol. The molecule has 0 saturated carbocycles. The zero-order valence-corrected chi connectivity index (χ0v) is 14.3. The van der Waals surface area contributed by atoms with Crippen molar-refractivity contribution in [1.82, 2.24) is 9.38 Å². The Bertz CT molecular complexity index is 947. The summed E-state index contributed by atoms with van der Waals surface area (Å²) < 4.78 is 12.1. The standard InChI is InChI=1S/C18H18N4O3/c1-4-25-18(23)16-17(22-12(2)8-7-11-15(22)19-16)21-20-13-9-5-6-10-14(13)24-3/h5-11H,4H2,1-3H3. The summed E-state index contributed by atoms with van der Waals surface area (Å²) in [5.74, 6) is 0.395.